The highest BCUT2D eigenvalue weighted by molar-refractivity contribution is 7.99. The Labute approximate surface area is 171 Å². The van der Waals surface area contributed by atoms with Gasteiger partial charge in [-0.3, -0.25) is 4.98 Å². The first kappa shape index (κ1) is 18.7. The number of carbonyl (C=O) groups is 1. The summed E-state index contributed by atoms with van der Waals surface area (Å²) in [7, 11) is 1.35. The third kappa shape index (κ3) is 3.97. The number of anilines is 3. The maximum atomic E-state index is 11.6. The SMILES string of the molecule is COC(=O)c1ccc(Nc2ncnc(Sc3cccc4cccnc34)c2N)cc1. The van der Waals surface area contributed by atoms with Gasteiger partial charge in [0.25, 0.3) is 0 Å². The zero-order valence-electron chi connectivity index (χ0n) is 15.5. The molecule has 2 aromatic heterocycles. The average Bonchev–Trinajstić information content (AvgIpc) is 2.77. The summed E-state index contributed by atoms with van der Waals surface area (Å²) in [4.78, 5) is 25.6. The number of hydrogen-bond acceptors (Lipinski definition) is 8. The van der Waals surface area contributed by atoms with Gasteiger partial charge < -0.3 is 15.8 Å². The number of rotatable bonds is 5. The third-order valence-electron chi connectivity index (χ3n) is 4.22. The average molecular weight is 403 g/mol. The highest BCUT2D eigenvalue weighted by atomic mass is 32.2. The van der Waals surface area contributed by atoms with E-state index in [0.29, 0.717) is 22.1 Å². The van der Waals surface area contributed by atoms with E-state index in [4.69, 9.17) is 10.5 Å². The lowest BCUT2D eigenvalue weighted by atomic mass is 10.2. The number of carbonyl (C=O) groups excluding carboxylic acids is 1. The molecule has 0 atom stereocenters. The molecular formula is C21H17N5O2S. The summed E-state index contributed by atoms with van der Waals surface area (Å²) in [6.45, 7) is 0. The normalized spacial score (nSPS) is 10.7. The molecular weight excluding hydrogens is 386 g/mol. The second kappa shape index (κ2) is 8.15. The number of esters is 1. The van der Waals surface area contributed by atoms with Gasteiger partial charge in [0.2, 0.25) is 0 Å². The molecule has 0 amide bonds. The number of benzene rings is 2. The van der Waals surface area contributed by atoms with Crippen molar-refractivity contribution in [2.45, 2.75) is 9.92 Å². The molecule has 4 rings (SSSR count). The van der Waals surface area contributed by atoms with Gasteiger partial charge in [-0.25, -0.2) is 14.8 Å². The van der Waals surface area contributed by atoms with Crippen molar-refractivity contribution in [2.24, 2.45) is 0 Å². The Balaban J connectivity index is 1.60. The number of pyridine rings is 1. The molecule has 3 N–H and O–H groups in total. The van der Waals surface area contributed by atoms with E-state index in [1.165, 1.54) is 25.2 Å². The van der Waals surface area contributed by atoms with E-state index in [1.54, 1.807) is 30.5 Å². The van der Waals surface area contributed by atoms with Crippen LogP contribution in [0.4, 0.5) is 17.2 Å². The Morgan fingerprint density at radius 1 is 1.03 bits per heavy atom. The van der Waals surface area contributed by atoms with Gasteiger partial charge in [0.05, 0.1) is 18.2 Å². The molecule has 144 valence electrons. The van der Waals surface area contributed by atoms with E-state index in [9.17, 15) is 4.79 Å². The number of fused-ring (bicyclic) bond motifs is 1. The van der Waals surface area contributed by atoms with Crippen LogP contribution in [0, 0.1) is 0 Å². The number of aromatic nitrogens is 3. The summed E-state index contributed by atoms with van der Waals surface area (Å²) in [5.74, 6) is 0.0991. The maximum absolute atomic E-state index is 11.6. The molecule has 0 aliphatic heterocycles. The third-order valence-corrected chi connectivity index (χ3v) is 5.29. The van der Waals surface area contributed by atoms with E-state index >= 15 is 0 Å². The summed E-state index contributed by atoms with van der Waals surface area (Å²) in [5.41, 5.74) is 8.85. The van der Waals surface area contributed by atoms with Crippen molar-refractivity contribution in [1.82, 2.24) is 15.0 Å². The van der Waals surface area contributed by atoms with Crippen LogP contribution in [0.25, 0.3) is 10.9 Å². The van der Waals surface area contributed by atoms with E-state index in [2.05, 4.69) is 20.3 Å². The number of hydrogen-bond donors (Lipinski definition) is 2. The van der Waals surface area contributed by atoms with Crippen molar-refractivity contribution >= 4 is 45.8 Å². The Bertz CT molecular complexity index is 1180. The van der Waals surface area contributed by atoms with Crippen molar-refractivity contribution in [3.63, 3.8) is 0 Å². The summed E-state index contributed by atoms with van der Waals surface area (Å²) < 4.78 is 4.71. The molecule has 0 aliphatic carbocycles. The second-order valence-electron chi connectivity index (χ2n) is 6.07. The molecule has 2 heterocycles. The standard InChI is InChI=1S/C21H17N5O2S/c1-28-21(27)14-7-9-15(10-8-14)26-19-17(22)20(25-12-24-19)29-16-6-2-4-13-5-3-11-23-18(13)16/h2-12H,22H2,1H3,(H,24,25,26). The first-order valence-electron chi connectivity index (χ1n) is 8.73. The zero-order chi connectivity index (χ0) is 20.2. The predicted octanol–water partition coefficient (Wildman–Crippen LogP) is 4.29. The predicted molar refractivity (Wildman–Crippen MR) is 113 cm³/mol. The molecule has 2 aromatic carbocycles. The summed E-state index contributed by atoms with van der Waals surface area (Å²) in [5, 5.41) is 4.84. The van der Waals surface area contributed by atoms with Gasteiger partial charge >= 0.3 is 5.97 Å². The maximum Gasteiger partial charge on any atom is 0.337 e. The van der Waals surface area contributed by atoms with Gasteiger partial charge in [-0.2, -0.15) is 0 Å². The molecule has 0 saturated carbocycles. The number of nitrogens with one attached hydrogen (secondary N) is 1. The molecule has 7 nitrogen and oxygen atoms in total. The van der Waals surface area contributed by atoms with Gasteiger partial charge in [0, 0.05) is 22.2 Å². The van der Waals surface area contributed by atoms with E-state index in [0.717, 1.165) is 21.5 Å². The van der Waals surface area contributed by atoms with Crippen LogP contribution >= 0.6 is 11.8 Å². The Morgan fingerprint density at radius 3 is 2.62 bits per heavy atom. The molecule has 0 spiro atoms. The molecule has 0 fully saturated rings. The first-order valence-corrected chi connectivity index (χ1v) is 9.55. The molecule has 0 aliphatic rings. The van der Waals surface area contributed by atoms with Crippen LogP contribution in [0.1, 0.15) is 10.4 Å². The van der Waals surface area contributed by atoms with Crippen LogP contribution in [0.2, 0.25) is 0 Å². The van der Waals surface area contributed by atoms with Crippen molar-refractivity contribution < 1.29 is 9.53 Å². The van der Waals surface area contributed by atoms with Gasteiger partial charge in [-0.05, 0) is 36.4 Å². The van der Waals surface area contributed by atoms with Gasteiger partial charge in [0.1, 0.15) is 17.0 Å². The lowest BCUT2D eigenvalue weighted by Gasteiger charge is -2.12. The van der Waals surface area contributed by atoms with Crippen LogP contribution < -0.4 is 11.1 Å². The van der Waals surface area contributed by atoms with E-state index in [1.807, 2.05) is 30.3 Å². The first-order chi connectivity index (χ1) is 14.2. The number of para-hydroxylation sites is 1. The van der Waals surface area contributed by atoms with Crippen LogP contribution in [0.15, 0.2) is 77.0 Å². The van der Waals surface area contributed by atoms with Crippen LogP contribution in [-0.2, 0) is 4.74 Å². The van der Waals surface area contributed by atoms with Gasteiger partial charge in [-0.15, -0.1) is 0 Å². The second-order valence-corrected chi connectivity index (χ2v) is 7.10. The van der Waals surface area contributed by atoms with Crippen LogP contribution in [0.5, 0.6) is 0 Å². The minimum absolute atomic E-state index is 0.388. The molecule has 4 aromatic rings. The molecule has 29 heavy (non-hydrogen) atoms. The Hall–Kier alpha value is -3.65. The molecule has 0 radical (unpaired) electrons. The smallest absolute Gasteiger partial charge is 0.337 e. The van der Waals surface area contributed by atoms with Crippen molar-refractivity contribution in [1.29, 1.82) is 0 Å². The number of nitrogens with two attached hydrogens (primary N) is 1. The van der Waals surface area contributed by atoms with E-state index in [-0.39, 0.29) is 5.97 Å². The largest absolute Gasteiger partial charge is 0.465 e. The van der Waals surface area contributed by atoms with E-state index < -0.39 is 0 Å². The monoisotopic (exact) mass is 403 g/mol. The minimum Gasteiger partial charge on any atom is -0.465 e. The van der Waals surface area contributed by atoms with Gasteiger partial charge in [0.15, 0.2) is 5.82 Å². The van der Waals surface area contributed by atoms with Crippen LogP contribution in [-0.4, -0.2) is 28.0 Å². The number of ether oxygens (including phenoxy) is 1. The Kier molecular flexibility index (Phi) is 5.26. The summed E-state index contributed by atoms with van der Waals surface area (Å²) in [6, 6.07) is 16.8. The van der Waals surface area contributed by atoms with Crippen molar-refractivity contribution in [2.75, 3.05) is 18.2 Å². The Morgan fingerprint density at radius 2 is 1.83 bits per heavy atom. The highest BCUT2D eigenvalue weighted by Crippen LogP contribution is 2.36. The lowest BCUT2D eigenvalue weighted by molar-refractivity contribution is 0.0601. The van der Waals surface area contributed by atoms with Crippen LogP contribution in [0.3, 0.4) is 0 Å². The summed E-state index contributed by atoms with van der Waals surface area (Å²) in [6.07, 6.45) is 3.23. The molecule has 8 heteroatoms. The molecule has 0 bridgehead atoms. The molecule has 0 saturated heterocycles. The zero-order valence-corrected chi connectivity index (χ0v) is 16.3. The van der Waals surface area contributed by atoms with Crippen molar-refractivity contribution in [3.05, 3.63) is 72.7 Å². The molecule has 0 unspecified atom stereocenters. The minimum atomic E-state index is -0.388. The number of nitrogen functional groups attached to an aromatic ring is 1. The summed E-state index contributed by atoms with van der Waals surface area (Å²) >= 11 is 1.44. The number of methoxy groups -OCH3 is 1. The quantitative estimate of drug-likeness (QED) is 0.376. The fourth-order valence-corrected chi connectivity index (χ4v) is 3.70. The fourth-order valence-electron chi connectivity index (χ4n) is 2.77. The van der Waals surface area contributed by atoms with Gasteiger partial charge in [-0.1, -0.05) is 30.0 Å². The van der Waals surface area contributed by atoms with Crippen molar-refractivity contribution in [3.8, 4) is 0 Å². The number of nitrogens with zero attached hydrogens (tertiary/aromatic N) is 3. The highest BCUT2D eigenvalue weighted by Gasteiger charge is 2.13. The lowest BCUT2D eigenvalue weighted by Crippen LogP contribution is -2.03. The topological polar surface area (TPSA) is 103 Å². The fraction of sp³-hybridized carbons (Fsp3) is 0.0476.